The van der Waals surface area contributed by atoms with Crippen LogP contribution in [0.5, 0.6) is 5.75 Å². The highest BCUT2D eigenvalue weighted by Crippen LogP contribution is 2.43. The number of aliphatic hydroxyl groups excluding tert-OH is 1. The zero-order chi connectivity index (χ0) is 25.1. The monoisotopic (exact) mass is 493 g/mol. The maximum atomic E-state index is 13.2. The highest BCUT2D eigenvalue weighted by atomic mass is 32.1. The Bertz CT molecular complexity index is 1300. The van der Waals surface area contributed by atoms with Gasteiger partial charge in [0, 0.05) is 18.0 Å². The average Bonchev–Trinajstić information content (AvgIpc) is 3.39. The predicted octanol–water partition coefficient (Wildman–Crippen LogP) is 4.05. The summed E-state index contributed by atoms with van der Waals surface area (Å²) in [6, 6.07) is 9.00. The molecule has 35 heavy (non-hydrogen) atoms. The van der Waals surface area contributed by atoms with Gasteiger partial charge in [0.1, 0.15) is 16.4 Å². The van der Waals surface area contributed by atoms with Gasteiger partial charge in [-0.3, -0.25) is 19.5 Å². The van der Waals surface area contributed by atoms with Crippen molar-refractivity contribution >= 4 is 39.9 Å². The first-order valence-electron chi connectivity index (χ1n) is 10.9. The first-order chi connectivity index (χ1) is 16.9. The molecular weight excluding hydrogens is 470 g/mol. The number of aliphatic hydroxyl groups is 1. The van der Waals surface area contributed by atoms with Gasteiger partial charge in [0.2, 0.25) is 0 Å². The smallest absolute Gasteiger partial charge is 0.350 e. The number of ketones is 1. The van der Waals surface area contributed by atoms with E-state index in [-0.39, 0.29) is 21.3 Å². The van der Waals surface area contributed by atoms with Crippen molar-refractivity contribution in [3.05, 3.63) is 76.1 Å². The van der Waals surface area contributed by atoms with Crippen LogP contribution in [0.15, 0.2) is 54.4 Å². The maximum absolute atomic E-state index is 13.2. The number of hydrogen-bond acceptors (Lipinski definition) is 9. The summed E-state index contributed by atoms with van der Waals surface area (Å²) in [5.41, 5.74) is 1.12. The first kappa shape index (κ1) is 24.1. The van der Waals surface area contributed by atoms with E-state index in [1.165, 1.54) is 18.2 Å². The molecule has 0 spiro atoms. The molecule has 0 bridgehead atoms. The number of thiazole rings is 1. The molecular formula is C25H23N3O6S. The minimum atomic E-state index is -0.990. The number of aryl methyl sites for hydroxylation is 1. The highest BCUT2D eigenvalue weighted by Gasteiger charge is 2.48. The number of hydrogen-bond donors (Lipinski definition) is 1. The summed E-state index contributed by atoms with van der Waals surface area (Å²) in [5, 5.41) is 11.3. The van der Waals surface area contributed by atoms with Crippen molar-refractivity contribution in [3.63, 3.8) is 0 Å². The van der Waals surface area contributed by atoms with E-state index in [9.17, 15) is 19.5 Å². The van der Waals surface area contributed by atoms with Gasteiger partial charge in [0.25, 0.3) is 5.78 Å². The topological polar surface area (TPSA) is 119 Å². The Balaban J connectivity index is 1.84. The van der Waals surface area contributed by atoms with E-state index in [2.05, 4.69) is 9.97 Å². The Kier molecular flexibility index (Phi) is 6.92. The van der Waals surface area contributed by atoms with Crippen molar-refractivity contribution in [1.29, 1.82) is 0 Å². The Labute approximate surface area is 205 Å². The van der Waals surface area contributed by atoms with Crippen molar-refractivity contribution in [2.45, 2.75) is 26.3 Å². The lowest BCUT2D eigenvalue weighted by molar-refractivity contribution is -0.132. The molecule has 1 aliphatic rings. The summed E-state index contributed by atoms with van der Waals surface area (Å²) in [7, 11) is 1.25. The van der Waals surface area contributed by atoms with Gasteiger partial charge in [0.15, 0.2) is 5.13 Å². The molecule has 1 saturated heterocycles. The summed E-state index contributed by atoms with van der Waals surface area (Å²) in [6.45, 7) is 4.16. The van der Waals surface area contributed by atoms with Gasteiger partial charge in [0.05, 0.1) is 31.0 Å². The van der Waals surface area contributed by atoms with E-state index < -0.39 is 23.7 Å². The third-order valence-corrected chi connectivity index (χ3v) is 6.54. The van der Waals surface area contributed by atoms with Crippen LogP contribution in [-0.2, 0) is 14.3 Å². The largest absolute Gasteiger partial charge is 0.507 e. The van der Waals surface area contributed by atoms with Gasteiger partial charge in [-0.05, 0) is 49.2 Å². The van der Waals surface area contributed by atoms with Gasteiger partial charge >= 0.3 is 11.9 Å². The van der Waals surface area contributed by atoms with E-state index in [0.29, 0.717) is 29.2 Å². The van der Waals surface area contributed by atoms with Crippen molar-refractivity contribution in [1.82, 2.24) is 9.97 Å². The van der Waals surface area contributed by atoms with Crippen LogP contribution in [0.3, 0.4) is 0 Å². The molecule has 1 fully saturated rings. The number of anilines is 1. The number of esters is 1. The zero-order valence-corrected chi connectivity index (χ0v) is 20.2. The molecule has 2 aromatic heterocycles. The number of pyridine rings is 1. The molecule has 0 saturated carbocycles. The average molecular weight is 494 g/mol. The van der Waals surface area contributed by atoms with Gasteiger partial charge in [-0.2, -0.15) is 0 Å². The summed E-state index contributed by atoms with van der Waals surface area (Å²) in [6.07, 6.45) is 3.93. The van der Waals surface area contributed by atoms with E-state index in [4.69, 9.17) is 9.47 Å². The number of benzene rings is 1. The lowest BCUT2D eigenvalue weighted by Gasteiger charge is -2.22. The number of nitrogens with zero attached hydrogens (tertiary/aromatic N) is 3. The third-order valence-electron chi connectivity index (χ3n) is 5.41. The molecule has 3 heterocycles. The SMILES string of the molecule is CCCOc1ccc(/C(O)=C2/C(=O)C(=O)N(c3nc(C)c(C(=O)OC)s3)C2c2cccnc2)cc1. The summed E-state index contributed by atoms with van der Waals surface area (Å²) in [4.78, 5) is 48.4. The molecule has 1 atom stereocenters. The van der Waals surface area contributed by atoms with Crippen LogP contribution in [0.4, 0.5) is 5.13 Å². The van der Waals surface area contributed by atoms with Crippen LogP contribution in [0.25, 0.3) is 5.76 Å². The number of carbonyl (C=O) groups excluding carboxylic acids is 3. The van der Waals surface area contributed by atoms with Gasteiger partial charge in [-0.15, -0.1) is 0 Å². The third kappa shape index (κ3) is 4.52. The molecule has 180 valence electrons. The number of rotatable bonds is 7. The Morgan fingerprint density at radius 3 is 2.57 bits per heavy atom. The van der Waals surface area contributed by atoms with E-state index in [1.54, 1.807) is 49.5 Å². The minimum Gasteiger partial charge on any atom is -0.507 e. The Morgan fingerprint density at radius 1 is 1.20 bits per heavy atom. The van der Waals surface area contributed by atoms with E-state index >= 15 is 0 Å². The second-order valence-electron chi connectivity index (χ2n) is 7.73. The second kappa shape index (κ2) is 10.1. The van der Waals surface area contributed by atoms with Crippen LogP contribution < -0.4 is 9.64 Å². The van der Waals surface area contributed by atoms with Gasteiger partial charge in [-0.1, -0.05) is 24.3 Å². The molecule has 9 nitrogen and oxygen atoms in total. The molecule has 0 aliphatic carbocycles. The van der Waals surface area contributed by atoms with Crippen molar-refractivity contribution in [3.8, 4) is 5.75 Å². The number of Topliss-reactive ketones (excluding diaryl/α,β-unsaturated/α-hetero) is 1. The molecule has 4 rings (SSSR count). The fourth-order valence-electron chi connectivity index (χ4n) is 3.73. The summed E-state index contributed by atoms with van der Waals surface area (Å²) in [5.74, 6) is -2.03. The quantitative estimate of drug-likeness (QED) is 0.227. The number of methoxy groups -OCH3 is 1. The van der Waals surface area contributed by atoms with Crippen molar-refractivity contribution in [2.24, 2.45) is 0 Å². The standard InChI is InChI=1S/C25H23N3O6S/c1-4-12-34-17-9-7-15(8-10-17)20(29)18-19(16-6-5-11-26-13-16)28(23(31)21(18)30)25-27-14(2)22(35-25)24(32)33-3/h5-11,13,19,29H,4,12H2,1-3H3/b20-18-. The second-order valence-corrected chi connectivity index (χ2v) is 8.71. The zero-order valence-electron chi connectivity index (χ0n) is 19.3. The molecule has 1 amide bonds. The molecule has 10 heteroatoms. The van der Waals surface area contributed by atoms with Crippen molar-refractivity contribution in [2.75, 3.05) is 18.6 Å². The van der Waals surface area contributed by atoms with E-state index in [1.807, 2.05) is 6.92 Å². The fraction of sp³-hybridized carbons (Fsp3) is 0.240. The molecule has 1 aromatic carbocycles. The Hall–Kier alpha value is -4.05. The molecule has 1 unspecified atom stereocenters. The molecule has 1 N–H and O–H groups in total. The van der Waals surface area contributed by atoms with Crippen LogP contribution in [0.2, 0.25) is 0 Å². The number of carbonyl (C=O) groups is 3. The highest BCUT2D eigenvalue weighted by molar-refractivity contribution is 7.17. The number of aromatic nitrogens is 2. The molecule has 0 radical (unpaired) electrons. The van der Waals surface area contributed by atoms with Crippen LogP contribution in [0, 0.1) is 6.92 Å². The lowest BCUT2D eigenvalue weighted by atomic mass is 9.96. The fourth-order valence-corrected chi connectivity index (χ4v) is 4.75. The number of amides is 1. The van der Waals surface area contributed by atoms with Gasteiger partial charge in [-0.25, -0.2) is 9.78 Å². The minimum absolute atomic E-state index is 0.0994. The lowest BCUT2D eigenvalue weighted by Crippen LogP contribution is -2.29. The maximum Gasteiger partial charge on any atom is 0.350 e. The van der Waals surface area contributed by atoms with Crippen LogP contribution in [0.1, 0.15) is 45.9 Å². The summed E-state index contributed by atoms with van der Waals surface area (Å²) >= 11 is 0.939. The first-order valence-corrected chi connectivity index (χ1v) is 11.7. The Morgan fingerprint density at radius 2 is 1.94 bits per heavy atom. The molecule has 1 aliphatic heterocycles. The van der Waals surface area contributed by atoms with Crippen LogP contribution in [-0.4, -0.2) is 46.5 Å². The van der Waals surface area contributed by atoms with Gasteiger partial charge < -0.3 is 14.6 Å². The van der Waals surface area contributed by atoms with Crippen LogP contribution >= 0.6 is 11.3 Å². The van der Waals surface area contributed by atoms with E-state index in [0.717, 1.165) is 17.8 Å². The summed E-state index contributed by atoms with van der Waals surface area (Å²) < 4.78 is 10.4. The van der Waals surface area contributed by atoms with Crippen molar-refractivity contribution < 1.29 is 29.0 Å². The molecule has 3 aromatic rings. The number of ether oxygens (including phenoxy) is 2. The predicted molar refractivity (Wildman–Crippen MR) is 129 cm³/mol. The normalized spacial score (nSPS) is 17.0.